The fourth-order valence-corrected chi connectivity index (χ4v) is 5.04. The molecule has 5 heteroatoms. The lowest BCUT2D eigenvalue weighted by atomic mass is 10.1. The van der Waals surface area contributed by atoms with Gasteiger partial charge in [0, 0.05) is 24.6 Å². The van der Waals surface area contributed by atoms with E-state index in [0.717, 1.165) is 40.3 Å². The van der Waals surface area contributed by atoms with E-state index in [4.69, 9.17) is 9.72 Å². The molecule has 3 aromatic carbocycles. The summed E-state index contributed by atoms with van der Waals surface area (Å²) in [6.45, 7) is 8.17. The Bertz CT molecular complexity index is 1340. The van der Waals surface area contributed by atoms with Crippen molar-refractivity contribution in [1.29, 1.82) is 0 Å². The van der Waals surface area contributed by atoms with Gasteiger partial charge in [0.05, 0.1) is 17.6 Å². The number of carbonyl (C=O) groups is 1. The molecule has 0 unspecified atom stereocenters. The number of ether oxygens (including phenoxy) is 1. The number of benzene rings is 3. The van der Waals surface area contributed by atoms with Crippen molar-refractivity contribution in [2.24, 2.45) is 0 Å². The molecule has 2 heterocycles. The highest BCUT2D eigenvalue weighted by molar-refractivity contribution is 5.97. The van der Waals surface area contributed by atoms with E-state index >= 15 is 0 Å². The standard InChI is InChI=1S/C29H31N3O2/c1-4-22-9-5-7-11-25(22)32-19-23(18-28(32)33)29-30-24-10-6-8-12-26(24)31(29)15-16-34-27-14-13-20(2)17-21(27)3/h5-14,17,23H,4,15-16,18-19H2,1-3H3/t23-/m0/s1. The molecule has 0 N–H and O–H groups in total. The highest BCUT2D eigenvalue weighted by atomic mass is 16.5. The number of aryl methyl sites for hydroxylation is 3. The third kappa shape index (κ3) is 4.18. The molecule has 1 amide bonds. The molecule has 0 spiro atoms. The Morgan fingerprint density at radius 2 is 1.82 bits per heavy atom. The first-order valence-corrected chi connectivity index (χ1v) is 12.1. The first-order valence-electron chi connectivity index (χ1n) is 12.1. The van der Waals surface area contributed by atoms with Gasteiger partial charge in [0.15, 0.2) is 0 Å². The minimum absolute atomic E-state index is 0.0472. The second kappa shape index (κ2) is 9.34. The maximum Gasteiger partial charge on any atom is 0.227 e. The van der Waals surface area contributed by atoms with Crippen LogP contribution in [-0.2, 0) is 17.8 Å². The fourth-order valence-electron chi connectivity index (χ4n) is 5.04. The Hall–Kier alpha value is -3.60. The topological polar surface area (TPSA) is 47.4 Å². The van der Waals surface area contributed by atoms with Crippen molar-refractivity contribution in [3.05, 3.63) is 89.2 Å². The first-order chi connectivity index (χ1) is 16.5. The predicted octanol–water partition coefficient (Wildman–Crippen LogP) is 5.82. The number of aromatic nitrogens is 2. The molecule has 4 aromatic rings. The lowest BCUT2D eigenvalue weighted by Crippen LogP contribution is -2.25. The molecule has 0 saturated carbocycles. The highest BCUT2D eigenvalue weighted by Crippen LogP contribution is 2.34. The summed E-state index contributed by atoms with van der Waals surface area (Å²) >= 11 is 0. The number of nitrogens with zero attached hydrogens (tertiary/aromatic N) is 3. The van der Waals surface area contributed by atoms with Crippen LogP contribution in [0.1, 0.15) is 41.8 Å². The van der Waals surface area contributed by atoms with Gasteiger partial charge in [0.1, 0.15) is 18.2 Å². The van der Waals surface area contributed by atoms with Crippen LogP contribution in [0.3, 0.4) is 0 Å². The van der Waals surface area contributed by atoms with Crippen LogP contribution in [0, 0.1) is 13.8 Å². The van der Waals surface area contributed by atoms with Crippen LogP contribution in [0.2, 0.25) is 0 Å². The van der Waals surface area contributed by atoms with Crippen LogP contribution in [0.5, 0.6) is 5.75 Å². The Morgan fingerprint density at radius 3 is 2.65 bits per heavy atom. The normalized spacial score (nSPS) is 15.9. The molecule has 34 heavy (non-hydrogen) atoms. The van der Waals surface area contributed by atoms with Gasteiger partial charge in [-0.05, 0) is 55.7 Å². The van der Waals surface area contributed by atoms with E-state index in [9.17, 15) is 4.79 Å². The fraction of sp³-hybridized carbons (Fsp3) is 0.310. The molecule has 1 aliphatic rings. The number of rotatable bonds is 7. The maximum absolute atomic E-state index is 13.1. The summed E-state index contributed by atoms with van der Waals surface area (Å²) in [7, 11) is 0. The van der Waals surface area contributed by atoms with E-state index in [1.54, 1.807) is 0 Å². The van der Waals surface area contributed by atoms with Crippen molar-refractivity contribution in [1.82, 2.24) is 9.55 Å². The minimum atomic E-state index is 0.0472. The van der Waals surface area contributed by atoms with Crippen LogP contribution in [0.15, 0.2) is 66.7 Å². The predicted molar refractivity (Wildman–Crippen MR) is 137 cm³/mol. The van der Waals surface area contributed by atoms with Crippen molar-refractivity contribution in [3.8, 4) is 5.75 Å². The van der Waals surface area contributed by atoms with Crippen molar-refractivity contribution < 1.29 is 9.53 Å². The van der Waals surface area contributed by atoms with Gasteiger partial charge in [0.2, 0.25) is 5.91 Å². The largest absolute Gasteiger partial charge is 0.491 e. The minimum Gasteiger partial charge on any atom is -0.491 e. The second-order valence-corrected chi connectivity index (χ2v) is 9.12. The molecule has 5 rings (SSSR count). The molecule has 0 bridgehead atoms. The van der Waals surface area contributed by atoms with Gasteiger partial charge in [-0.3, -0.25) is 4.79 Å². The number of hydrogen-bond donors (Lipinski definition) is 0. The van der Waals surface area contributed by atoms with Crippen molar-refractivity contribution in [2.45, 2.75) is 46.1 Å². The summed E-state index contributed by atoms with van der Waals surface area (Å²) in [5, 5.41) is 0. The van der Waals surface area contributed by atoms with E-state index < -0.39 is 0 Å². The number of hydrogen-bond acceptors (Lipinski definition) is 3. The second-order valence-electron chi connectivity index (χ2n) is 9.12. The first kappa shape index (κ1) is 22.2. The number of fused-ring (bicyclic) bond motifs is 1. The summed E-state index contributed by atoms with van der Waals surface area (Å²) in [5.41, 5.74) is 6.64. The van der Waals surface area contributed by atoms with Crippen molar-refractivity contribution >= 4 is 22.6 Å². The van der Waals surface area contributed by atoms with Gasteiger partial charge < -0.3 is 14.2 Å². The van der Waals surface area contributed by atoms with Gasteiger partial charge in [-0.15, -0.1) is 0 Å². The van der Waals surface area contributed by atoms with Crippen LogP contribution in [0.4, 0.5) is 5.69 Å². The Balaban J connectivity index is 1.41. The molecule has 1 atom stereocenters. The van der Waals surface area contributed by atoms with Gasteiger partial charge in [0.25, 0.3) is 0 Å². The van der Waals surface area contributed by atoms with E-state index in [1.165, 1.54) is 11.1 Å². The monoisotopic (exact) mass is 453 g/mol. The molecular weight excluding hydrogens is 422 g/mol. The van der Waals surface area contributed by atoms with Gasteiger partial charge >= 0.3 is 0 Å². The molecule has 1 fully saturated rings. The zero-order valence-electron chi connectivity index (χ0n) is 20.1. The van der Waals surface area contributed by atoms with Crippen LogP contribution in [0.25, 0.3) is 11.0 Å². The third-order valence-electron chi connectivity index (χ3n) is 6.74. The van der Waals surface area contributed by atoms with Crippen LogP contribution >= 0.6 is 0 Å². The summed E-state index contributed by atoms with van der Waals surface area (Å²) in [5.74, 6) is 2.09. The van der Waals surface area contributed by atoms with E-state index in [1.807, 2.05) is 41.3 Å². The molecule has 1 aromatic heterocycles. The zero-order valence-corrected chi connectivity index (χ0v) is 20.1. The Morgan fingerprint density at radius 1 is 1.03 bits per heavy atom. The SMILES string of the molecule is CCc1ccccc1N1C[C@@H](c2nc3ccccc3n2CCOc2ccc(C)cc2C)CC1=O. The smallest absolute Gasteiger partial charge is 0.227 e. The van der Waals surface area contributed by atoms with Gasteiger partial charge in [-0.2, -0.15) is 0 Å². The number of imidazole rings is 1. The number of amides is 1. The summed E-state index contributed by atoms with van der Waals surface area (Å²) in [4.78, 5) is 20.0. The van der Waals surface area contributed by atoms with Crippen molar-refractivity contribution in [2.75, 3.05) is 18.1 Å². The molecule has 174 valence electrons. The maximum atomic E-state index is 13.1. The number of carbonyl (C=O) groups excluding carboxylic acids is 1. The molecular formula is C29H31N3O2. The quantitative estimate of drug-likeness (QED) is 0.354. The lowest BCUT2D eigenvalue weighted by Gasteiger charge is -2.20. The molecule has 0 aliphatic carbocycles. The highest BCUT2D eigenvalue weighted by Gasteiger charge is 2.35. The lowest BCUT2D eigenvalue weighted by molar-refractivity contribution is -0.117. The molecule has 0 radical (unpaired) electrons. The van der Waals surface area contributed by atoms with Crippen molar-refractivity contribution in [3.63, 3.8) is 0 Å². The number of para-hydroxylation sites is 3. The van der Waals surface area contributed by atoms with E-state index in [-0.39, 0.29) is 11.8 Å². The molecule has 5 nitrogen and oxygen atoms in total. The Labute approximate surface area is 201 Å². The summed E-state index contributed by atoms with van der Waals surface area (Å²) in [6.07, 6.45) is 1.37. The van der Waals surface area contributed by atoms with E-state index in [2.05, 4.69) is 55.7 Å². The Kier molecular flexibility index (Phi) is 6.10. The average molecular weight is 454 g/mol. The summed E-state index contributed by atoms with van der Waals surface area (Å²) in [6, 6.07) is 22.7. The van der Waals surface area contributed by atoms with Crippen LogP contribution < -0.4 is 9.64 Å². The van der Waals surface area contributed by atoms with E-state index in [0.29, 0.717) is 26.1 Å². The number of anilines is 1. The zero-order chi connectivity index (χ0) is 23.7. The van der Waals surface area contributed by atoms with Gasteiger partial charge in [-0.25, -0.2) is 4.98 Å². The third-order valence-corrected chi connectivity index (χ3v) is 6.74. The molecule has 1 saturated heterocycles. The van der Waals surface area contributed by atoms with Gasteiger partial charge in [-0.1, -0.05) is 55.0 Å². The summed E-state index contributed by atoms with van der Waals surface area (Å²) < 4.78 is 8.39. The molecule has 1 aliphatic heterocycles. The average Bonchev–Trinajstić information content (AvgIpc) is 3.41. The van der Waals surface area contributed by atoms with Crippen LogP contribution in [-0.4, -0.2) is 28.6 Å².